The maximum atomic E-state index is 5.70. The van der Waals surface area contributed by atoms with E-state index in [-0.39, 0.29) is 0 Å². The number of para-hydroxylation sites is 1. The maximum Gasteiger partial charge on any atom is 0.0673 e. The molecule has 0 bridgehead atoms. The first-order chi connectivity index (χ1) is 8.81. The minimum atomic E-state index is 0.372. The highest BCUT2D eigenvalue weighted by atomic mass is 16.5. The van der Waals surface area contributed by atoms with Gasteiger partial charge in [0.2, 0.25) is 0 Å². The van der Waals surface area contributed by atoms with E-state index in [0.29, 0.717) is 12.1 Å². The Hall–Kier alpha value is -1.06. The number of benzene rings is 1. The Morgan fingerprint density at radius 1 is 1.39 bits per heavy atom. The molecule has 98 valence electrons. The van der Waals surface area contributed by atoms with E-state index in [1.807, 2.05) is 0 Å². The van der Waals surface area contributed by atoms with Crippen LogP contribution in [-0.2, 0) is 11.2 Å². The van der Waals surface area contributed by atoms with Gasteiger partial charge in [0.15, 0.2) is 0 Å². The molecule has 0 radical (unpaired) electrons. The fourth-order valence-electron chi connectivity index (χ4n) is 3.04. The van der Waals surface area contributed by atoms with Crippen molar-refractivity contribution in [3.63, 3.8) is 0 Å². The molecule has 3 rings (SSSR count). The van der Waals surface area contributed by atoms with Gasteiger partial charge in [-0.3, -0.25) is 4.90 Å². The van der Waals surface area contributed by atoms with Crippen molar-refractivity contribution in [1.29, 1.82) is 0 Å². The average Bonchev–Trinajstić information content (AvgIpc) is 2.65. The van der Waals surface area contributed by atoms with Gasteiger partial charge in [0.1, 0.15) is 0 Å². The zero-order valence-corrected chi connectivity index (χ0v) is 11.1. The summed E-state index contributed by atoms with van der Waals surface area (Å²) in [6.07, 6.45) is 2.68. The Morgan fingerprint density at radius 2 is 2.28 bits per heavy atom. The van der Waals surface area contributed by atoms with Gasteiger partial charge in [0.05, 0.1) is 6.10 Å². The summed E-state index contributed by atoms with van der Waals surface area (Å²) in [6.45, 7) is 6.45. The quantitative estimate of drug-likeness (QED) is 0.865. The molecule has 0 amide bonds. The Labute approximate surface area is 109 Å². The molecule has 1 aromatic carbocycles. The van der Waals surface area contributed by atoms with E-state index in [1.165, 1.54) is 17.8 Å². The molecule has 2 aliphatic heterocycles. The molecule has 0 aromatic heterocycles. The van der Waals surface area contributed by atoms with Gasteiger partial charge in [-0.15, -0.1) is 0 Å². The first-order valence-electron chi connectivity index (χ1n) is 6.99. The second-order valence-corrected chi connectivity index (χ2v) is 5.50. The summed E-state index contributed by atoms with van der Waals surface area (Å²) in [4.78, 5) is 2.54. The summed E-state index contributed by atoms with van der Waals surface area (Å²) in [7, 11) is 0. The molecule has 2 atom stereocenters. The van der Waals surface area contributed by atoms with Crippen molar-refractivity contribution in [2.24, 2.45) is 0 Å². The summed E-state index contributed by atoms with van der Waals surface area (Å²) in [6, 6.07) is 9.22. The lowest BCUT2D eigenvalue weighted by molar-refractivity contribution is 0.0673. The standard InChI is InChI=1S/C15H22N2O/c1-12-10-17(7-4-8-18-12)11-14-9-13-5-2-3-6-15(13)16-14/h2-3,5-6,12,14,16H,4,7-11H2,1H3/t12?,14-/m0/s1. The van der Waals surface area contributed by atoms with Gasteiger partial charge in [0.25, 0.3) is 0 Å². The Kier molecular flexibility index (Phi) is 3.52. The van der Waals surface area contributed by atoms with E-state index in [1.54, 1.807) is 0 Å². The van der Waals surface area contributed by atoms with E-state index in [2.05, 4.69) is 41.4 Å². The molecule has 1 N–H and O–H groups in total. The third-order valence-electron chi connectivity index (χ3n) is 3.86. The summed E-state index contributed by atoms with van der Waals surface area (Å²) >= 11 is 0. The number of fused-ring (bicyclic) bond motifs is 1. The van der Waals surface area contributed by atoms with Crippen LogP contribution < -0.4 is 5.32 Å². The molecule has 0 spiro atoms. The molecule has 1 unspecified atom stereocenters. The summed E-state index contributed by atoms with van der Waals surface area (Å²) in [5.74, 6) is 0. The van der Waals surface area contributed by atoms with Crippen LogP contribution in [0.15, 0.2) is 24.3 Å². The zero-order valence-electron chi connectivity index (χ0n) is 11.1. The first-order valence-corrected chi connectivity index (χ1v) is 6.99. The molecular weight excluding hydrogens is 224 g/mol. The van der Waals surface area contributed by atoms with Gasteiger partial charge in [-0.05, 0) is 31.4 Å². The second kappa shape index (κ2) is 5.29. The van der Waals surface area contributed by atoms with Crippen LogP contribution in [0.25, 0.3) is 0 Å². The third kappa shape index (κ3) is 2.68. The van der Waals surface area contributed by atoms with Crippen LogP contribution in [0.2, 0.25) is 0 Å². The summed E-state index contributed by atoms with van der Waals surface area (Å²) in [5.41, 5.74) is 2.78. The van der Waals surface area contributed by atoms with Crippen molar-refractivity contribution in [2.75, 3.05) is 31.6 Å². The Balaban J connectivity index is 1.58. The number of anilines is 1. The number of hydrogen-bond donors (Lipinski definition) is 1. The van der Waals surface area contributed by atoms with Crippen molar-refractivity contribution in [3.05, 3.63) is 29.8 Å². The van der Waals surface area contributed by atoms with E-state index in [4.69, 9.17) is 4.74 Å². The lowest BCUT2D eigenvalue weighted by Gasteiger charge is -2.25. The van der Waals surface area contributed by atoms with Crippen LogP contribution in [-0.4, -0.2) is 43.3 Å². The molecule has 0 saturated carbocycles. The number of hydrogen-bond acceptors (Lipinski definition) is 3. The largest absolute Gasteiger partial charge is 0.380 e. The minimum absolute atomic E-state index is 0.372. The smallest absolute Gasteiger partial charge is 0.0673 e. The van der Waals surface area contributed by atoms with Crippen LogP contribution in [0.3, 0.4) is 0 Å². The topological polar surface area (TPSA) is 24.5 Å². The average molecular weight is 246 g/mol. The van der Waals surface area contributed by atoms with Gasteiger partial charge in [0, 0.05) is 38.0 Å². The van der Waals surface area contributed by atoms with E-state index >= 15 is 0 Å². The highest BCUT2D eigenvalue weighted by molar-refractivity contribution is 5.56. The summed E-state index contributed by atoms with van der Waals surface area (Å²) < 4.78 is 5.70. The monoisotopic (exact) mass is 246 g/mol. The predicted octanol–water partition coefficient (Wildman–Crippen LogP) is 2.13. The molecule has 1 saturated heterocycles. The predicted molar refractivity (Wildman–Crippen MR) is 74.0 cm³/mol. The molecule has 1 aromatic rings. The van der Waals surface area contributed by atoms with Crippen molar-refractivity contribution in [3.8, 4) is 0 Å². The first kappa shape index (κ1) is 12.0. The number of nitrogens with one attached hydrogen (secondary N) is 1. The zero-order chi connectivity index (χ0) is 12.4. The van der Waals surface area contributed by atoms with Crippen LogP contribution in [0, 0.1) is 0 Å². The van der Waals surface area contributed by atoms with Gasteiger partial charge in [-0.25, -0.2) is 0 Å². The van der Waals surface area contributed by atoms with Crippen molar-refractivity contribution < 1.29 is 4.74 Å². The Morgan fingerprint density at radius 3 is 3.17 bits per heavy atom. The van der Waals surface area contributed by atoms with E-state index < -0.39 is 0 Å². The molecule has 3 nitrogen and oxygen atoms in total. The van der Waals surface area contributed by atoms with Crippen molar-refractivity contribution in [2.45, 2.75) is 31.9 Å². The highest BCUT2D eigenvalue weighted by Gasteiger charge is 2.23. The lowest BCUT2D eigenvalue weighted by Crippen LogP contribution is -2.38. The van der Waals surface area contributed by atoms with E-state index in [9.17, 15) is 0 Å². The molecular formula is C15H22N2O. The van der Waals surface area contributed by atoms with Crippen LogP contribution >= 0.6 is 0 Å². The maximum absolute atomic E-state index is 5.70. The number of rotatable bonds is 2. The minimum Gasteiger partial charge on any atom is -0.380 e. The van der Waals surface area contributed by atoms with Gasteiger partial charge in [-0.2, -0.15) is 0 Å². The fraction of sp³-hybridized carbons (Fsp3) is 0.600. The third-order valence-corrected chi connectivity index (χ3v) is 3.86. The van der Waals surface area contributed by atoms with Crippen molar-refractivity contribution >= 4 is 5.69 Å². The normalized spacial score (nSPS) is 28.5. The van der Waals surface area contributed by atoms with Crippen molar-refractivity contribution in [1.82, 2.24) is 4.90 Å². The second-order valence-electron chi connectivity index (χ2n) is 5.50. The molecule has 2 aliphatic rings. The van der Waals surface area contributed by atoms with Gasteiger partial charge >= 0.3 is 0 Å². The van der Waals surface area contributed by atoms with Crippen LogP contribution in [0.1, 0.15) is 18.9 Å². The molecule has 3 heteroatoms. The Bertz CT molecular complexity index is 382. The molecule has 2 heterocycles. The van der Waals surface area contributed by atoms with Crippen LogP contribution in [0.5, 0.6) is 0 Å². The van der Waals surface area contributed by atoms with Gasteiger partial charge < -0.3 is 10.1 Å². The number of nitrogens with zero attached hydrogens (tertiary/aromatic N) is 1. The molecule has 18 heavy (non-hydrogen) atoms. The summed E-state index contributed by atoms with van der Waals surface area (Å²) in [5, 5.41) is 3.63. The molecule has 0 aliphatic carbocycles. The lowest BCUT2D eigenvalue weighted by atomic mass is 10.1. The SMILES string of the molecule is CC1CN(C[C@@H]2Cc3ccccc3N2)CCCO1. The number of ether oxygens (including phenoxy) is 1. The molecule has 1 fully saturated rings. The van der Waals surface area contributed by atoms with Gasteiger partial charge in [-0.1, -0.05) is 18.2 Å². The van der Waals surface area contributed by atoms with Crippen LogP contribution in [0.4, 0.5) is 5.69 Å². The van der Waals surface area contributed by atoms with E-state index in [0.717, 1.165) is 32.5 Å². The highest BCUT2D eigenvalue weighted by Crippen LogP contribution is 2.25. The fourth-order valence-corrected chi connectivity index (χ4v) is 3.04.